The van der Waals surface area contributed by atoms with Gasteiger partial charge >= 0.3 is 21.1 Å². The van der Waals surface area contributed by atoms with Crippen molar-refractivity contribution in [2.75, 3.05) is 7.11 Å². The van der Waals surface area contributed by atoms with Gasteiger partial charge in [-0.05, 0) is 40.6 Å². The number of hydrogen-bond donors (Lipinski definition) is 0. The van der Waals surface area contributed by atoms with Crippen molar-refractivity contribution in [1.29, 1.82) is 0 Å². The Morgan fingerprint density at radius 2 is 1.50 bits per heavy atom. The van der Waals surface area contributed by atoms with Gasteiger partial charge in [0.2, 0.25) is 0 Å². The van der Waals surface area contributed by atoms with Gasteiger partial charge in [-0.1, -0.05) is 81.7 Å². The van der Waals surface area contributed by atoms with Crippen molar-refractivity contribution in [3.8, 4) is 39.9 Å². The van der Waals surface area contributed by atoms with Gasteiger partial charge in [-0.25, -0.2) is 4.98 Å². The summed E-state index contributed by atoms with van der Waals surface area (Å²) in [6.45, 7) is 8.81. The molecular weight excluding hydrogens is 752 g/mol. The fourth-order valence-electron chi connectivity index (χ4n) is 6.03. The van der Waals surface area contributed by atoms with Crippen LogP contribution in [0.25, 0.3) is 44.4 Å². The molecule has 0 atom stereocenters. The quantitative estimate of drug-likeness (QED) is 0.144. The van der Waals surface area contributed by atoms with Crippen LogP contribution in [0.15, 0.2) is 103 Å². The molecule has 6 nitrogen and oxygen atoms in total. The molecular formula is C39H34N4O2Pt. The second kappa shape index (κ2) is 13.0. The first-order chi connectivity index (χ1) is 21.9. The van der Waals surface area contributed by atoms with Crippen molar-refractivity contribution in [1.82, 2.24) is 19.3 Å². The molecule has 7 aromatic rings. The van der Waals surface area contributed by atoms with Crippen LogP contribution in [-0.2, 0) is 21.1 Å². The molecule has 3 aromatic heterocycles. The minimum Gasteiger partial charge on any atom is -0.509 e. The average Bonchev–Trinajstić information content (AvgIpc) is 3.63. The van der Waals surface area contributed by atoms with Gasteiger partial charge in [0.1, 0.15) is 11.6 Å². The third-order valence-corrected chi connectivity index (χ3v) is 8.04. The molecule has 0 aliphatic heterocycles. The minimum atomic E-state index is 0. The molecule has 7 heteroatoms. The summed E-state index contributed by atoms with van der Waals surface area (Å²) in [7, 11) is 1.66. The van der Waals surface area contributed by atoms with E-state index in [9.17, 15) is 0 Å². The third-order valence-electron chi connectivity index (χ3n) is 8.04. The SMILES string of the molecule is COc1ccnc(-n2c3[c-]c(Oc4[c-]c(-n5nc(C(C)C)c(-c6ccccc6)c5C(C)C)ccc4)ccc3c3ccccc32)c1.[Pt+2]. The largest absolute Gasteiger partial charge is 2.00 e. The van der Waals surface area contributed by atoms with Gasteiger partial charge in [0.05, 0.1) is 18.5 Å². The Hall–Kier alpha value is -4.67. The van der Waals surface area contributed by atoms with Crippen molar-refractivity contribution in [2.24, 2.45) is 0 Å². The van der Waals surface area contributed by atoms with Gasteiger partial charge in [0, 0.05) is 34.8 Å². The van der Waals surface area contributed by atoms with Gasteiger partial charge in [-0.2, -0.15) is 17.2 Å². The van der Waals surface area contributed by atoms with E-state index in [0.717, 1.165) is 50.4 Å². The monoisotopic (exact) mass is 785 g/mol. The molecule has 3 heterocycles. The minimum absolute atomic E-state index is 0. The van der Waals surface area contributed by atoms with E-state index < -0.39 is 0 Å². The number of para-hydroxylation sites is 1. The summed E-state index contributed by atoms with van der Waals surface area (Å²) in [5.41, 5.74) is 7.32. The number of pyridine rings is 1. The smallest absolute Gasteiger partial charge is 0.509 e. The molecule has 0 fully saturated rings. The molecule has 0 radical (unpaired) electrons. The zero-order chi connectivity index (χ0) is 31.1. The average molecular weight is 786 g/mol. The number of hydrogen-bond acceptors (Lipinski definition) is 4. The predicted octanol–water partition coefficient (Wildman–Crippen LogP) is 9.68. The van der Waals surface area contributed by atoms with E-state index >= 15 is 0 Å². The maximum atomic E-state index is 6.44. The molecule has 0 bridgehead atoms. The van der Waals surface area contributed by atoms with Crippen LogP contribution in [0.4, 0.5) is 0 Å². The summed E-state index contributed by atoms with van der Waals surface area (Å²) in [5, 5.41) is 7.33. The number of fused-ring (bicyclic) bond motifs is 3. The first-order valence-electron chi connectivity index (χ1n) is 15.3. The third kappa shape index (κ3) is 5.63. The Kier molecular flexibility index (Phi) is 8.84. The second-order valence-corrected chi connectivity index (χ2v) is 11.7. The molecule has 7 rings (SSSR count). The Balaban J connectivity index is 0.00000372. The predicted molar refractivity (Wildman–Crippen MR) is 180 cm³/mol. The van der Waals surface area contributed by atoms with Gasteiger partial charge < -0.3 is 14.0 Å². The van der Waals surface area contributed by atoms with Crippen LogP contribution < -0.4 is 9.47 Å². The summed E-state index contributed by atoms with van der Waals surface area (Å²) >= 11 is 0. The zero-order valence-electron chi connectivity index (χ0n) is 26.4. The van der Waals surface area contributed by atoms with Gasteiger partial charge in [0.25, 0.3) is 0 Å². The molecule has 0 N–H and O–H groups in total. The van der Waals surface area contributed by atoms with E-state index in [2.05, 4.69) is 91.8 Å². The Labute approximate surface area is 283 Å². The zero-order valence-corrected chi connectivity index (χ0v) is 28.7. The molecule has 0 saturated carbocycles. The summed E-state index contributed by atoms with van der Waals surface area (Å²) in [4.78, 5) is 4.66. The van der Waals surface area contributed by atoms with Crippen molar-refractivity contribution >= 4 is 21.8 Å². The summed E-state index contributed by atoms with van der Waals surface area (Å²) in [6.07, 6.45) is 1.75. The molecule has 0 saturated heterocycles. The van der Waals surface area contributed by atoms with Crippen molar-refractivity contribution in [2.45, 2.75) is 39.5 Å². The molecule has 46 heavy (non-hydrogen) atoms. The number of rotatable bonds is 8. The Morgan fingerprint density at radius 1 is 0.739 bits per heavy atom. The standard InChI is InChI=1S/C39H34N4O2.Pt/c1-25(2)38-37(27-12-7-6-8-13-27)39(26(3)4)43(41-38)28-14-11-15-30(22-28)45-31-18-19-33-32-16-9-10-17-34(32)42(35(33)23-31)36-24-29(44-5)20-21-40-36;/h6-21,24-26H,1-5H3;/q-2;+2. The van der Waals surface area contributed by atoms with Crippen molar-refractivity contribution < 1.29 is 30.5 Å². The van der Waals surface area contributed by atoms with Crippen molar-refractivity contribution in [3.05, 3.63) is 127 Å². The molecule has 0 aliphatic carbocycles. The molecule has 232 valence electrons. The fraction of sp³-hybridized carbons (Fsp3) is 0.179. The number of nitrogens with zero attached hydrogens (tertiary/aromatic N) is 4. The van der Waals surface area contributed by atoms with Crippen LogP contribution in [0.1, 0.15) is 50.9 Å². The van der Waals surface area contributed by atoms with Gasteiger partial charge in [-0.15, -0.1) is 35.7 Å². The number of aromatic nitrogens is 4. The van der Waals surface area contributed by atoms with E-state index in [-0.39, 0.29) is 32.9 Å². The number of methoxy groups -OCH3 is 1. The van der Waals surface area contributed by atoms with E-state index in [1.807, 2.05) is 59.3 Å². The fourth-order valence-corrected chi connectivity index (χ4v) is 6.03. The first-order valence-corrected chi connectivity index (χ1v) is 15.3. The normalized spacial score (nSPS) is 11.4. The Bertz CT molecular complexity index is 2150. The topological polar surface area (TPSA) is 54.1 Å². The van der Waals surface area contributed by atoms with Crippen LogP contribution >= 0.6 is 0 Å². The van der Waals surface area contributed by atoms with E-state index in [0.29, 0.717) is 11.5 Å². The molecule has 0 aliphatic rings. The van der Waals surface area contributed by atoms with E-state index in [1.54, 1.807) is 13.3 Å². The van der Waals surface area contributed by atoms with Crippen molar-refractivity contribution in [3.63, 3.8) is 0 Å². The van der Waals surface area contributed by atoms with Gasteiger partial charge in [-0.3, -0.25) is 4.68 Å². The summed E-state index contributed by atoms with van der Waals surface area (Å²) in [5.74, 6) is 3.15. The molecule has 0 spiro atoms. The van der Waals surface area contributed by atoms with Crippen LogP contribution in [0.3, 0.4) is 0 Å². The maximum Gasteiger partial charge on any atom is 2.00 e. The molecule has 4 aromatic carbocycles. The van der Waals surface area contributed by atoms with Crippen LogP contribution in [0, 0.1) is 12.1 Å². The number of ether oxygens (including phenoxy) is 2. The summed E-state index contributed by atoms with van der Waals surface area (Å²) in [6, 6.07) is 39.6. The van der Waals surface area contributed by atoms with Gasteiger partial charge in [0.15, 0.2) is 0 Å². The number of benzene rings is 4. The van der Waals surface area contributed by atoms with E-state index in [1.165, 1.54) is 11.1 Å². The van der Waals surface area contributed by atoms with E-state index in [4.69, 9.17) is 14.6 Å². The van der Waals surface area contributed by atoms with Crippen LogP contribution in [0.5, 0.6) is 17.2 Å². The second-order valence-electron chi connectivity index (χ2n) is 11.7. The first kappa shape index (κ1) is 31.3. The van der Waals surface area contributed by atoms with Crippen LogP contribution in [0.2, 0.25) is 0 Å². The van der Waals surface area contributed by atoms with Crippen LogP contribution in [-0.4, -0.2) is 26.4 Å². The molecule has 0 unspecified atom stereocenters. The molecule has 0 amide bonds. The summed E-state index contributed by atoms with van der Waals surface area (Å²) < 4.78 is 16.1. The Morgan fingerprint density at radius 3 is 2.26 bits per heavy atom. The maximum absolute atomic E-state index is 6.44.